The number of rotatable bonds is 3. The van der Waals surface area contributed by atoms with Gasteiger partial charge in [0.1, 0.15) is 29.7 Å². The zero-order valence-electron chi connectivity index (χ0n) is 10.2. The predicted molar refractivity (Wildman–Crippen MR) is 66.6 cm³/mol. The van der Waals surface area contributed by atoms with Gasteiger partial charge in [-0.3, -0.25) is 14.7 Å². The molecular weight excluding hydrogens is 278 g/mol. The maximum Gasteiger partial charge on any atom is 0.342 e. The Morgan fingerprint density at radius 1 is 1.38 bits per heavy atom. The van der Waals surface area contributed by atoms with E-state index in [0.717, 1.165) is 17.0 Å². The summed E-state index contributed by atoms with van der Waals surface area (Å²) in [6.07, 6.45) is 1.06. The molecule has 0 fully saturated rings. The van der Waals surface area contributed by atoms with Crippen molar-refractivity contribution in [2.24, 2.45) is 0 Å². The molecule has 0 aliphatic carbocycles. The van der Waals surface area contributed by atoms with Crippen molar-refractivity contribution in [1.82, 2.24) is 9.55 Å². The third kappa shape index (κ3) is 2.15. The van der Waals surface area contributed by atoms with E-state index in [0.29, 0.717) is 0 Å². The molecule has 1 heterocycles. The van der Waals surface area contributed by atoms with Gasteiger partial charge in [0.25, 0.3) is 0 Å². The zero-order chi connectivity index (χ0) is 15.6. The Kier molecular flexibility index (Phi) is 3.33. The van der Waals surface area contributed by atoms with Gasteiger partial charge < -0.3 is 5.11 Å². The number of para-hydroxylation sites is 1. The molecule has 9 heteroatoms. The second-order valence-corrected chi connectivity index (χ2v) is 3.77. The number of nitriles is 2. The average Bonchev–Trinajstić information content (AvgIpc) is 2.88. The van der Waals surface area contributed by atoms with Crippen molar-refractivity contribution in [3.63, 3.8) is 0 Å². The lowest BCUT2D eigenvalue weighted by molar-refractivity contribution is -0.384. The summed E-state index contributed by atoms with van der Waals surface area (Å²) in [6.45, 7) is 0. The van der Waals surface area contributed by atoms with Crippen LogP contribution in [-0.2, 0) is 0 Å². The summed E-state index contributed by atoms with van der Waals surface area (Å²) in [5.74, 6) is -1.47. The van der Waals surface area contributed by atoms with Gasteiger partial charge in [0.05, 0.1) is 4.92 Å². The van der Waals surface area contributed by atoms with Gasteiger partial charge in [-0.2, -0.15) is 10.5 Å². The van der Waals surface area contributed by atoms with Crippen molar-refractivity contribution in [1.29, 1.82) is 10.5 Å². The molecule has 0 amide bonds. The third-order valence-electron chi connectivity index (χ3n) is 2.67. The van der Waals surface area contributed by atoms with E-state index in [4.69, 9.17) is 15.6 Å². The number of carboxylic acid groups (broad SMARTS) is 1. The van der Waals surface area contributed by atoms with Gasteiger partial charge in [-0.15, -0.1) is 0 Å². The number of benzene rings is 1. The Balaban J connectivity index is 2.83. The first-order valence-electron chi connectivity index (χ1n) is 5.39. The Morgan fingerprint density at radius 2 is 2.10 bits per heavy atom. The zero-order valence-corrected chi connectivity index (χ0v) is 10.2. The summed E-state index contributed by atoms with van der Waals surface area (Å²) < 4.78 is 1.02. The van der Waals surface area contributed by atoms with Crippen molar-refractivity contribution in [2.75, 3.05) is 0 Å². The predicted octanol–water partition coefficient (Wildman–Crippen LogP) is 1.22. The maximum absolute atomic E-state index is 11.2. The number of imidazole rings is 1. The first-order valence-corrected chi connectivity index (χ1v) is 5.39. The molecule has 102 valence electrons. The average molecular weight is 283 g/mol. The van der Waals surface area contributed by atoms with Crippen molar-refractivity contribution in [2.45, 2.75) is 0 Å². The molecule has 2 aromatic rings. The molecule has 0 saturated heterocycles. The van der Waals surface area contributed by atoms with E-state index in [-0.39, 0.29) is 17.1 Å². The highest BCUT2D eigenvalue weighted by Crippen LogP contribution is 2.28. The molecule has 0 atom stereocenters. The number of hydrogen-bond donors (Lipinski definition) is 1. The van der Waals surface area contributed by atoms with Crippen molar-refractivity contribution >= 4 is 11.7 Å². The largest absolute Gasteiger partial charge is 0.477 e. The quantitative estimate of drug-likeness (QED) is 0.657. The minimum atomic E-state index is -1.47. The summed E-state index contributed by atoms with van der Waals surface area (Å²) in [5.41, 5.74) is -1.75. The fourth-order valence-electron chi connectivity index (χ4n) is 1.81. The van der Waals surface area contributed by atoms with Crippen molar-refractivity contribution in [3.8, 4) is 17.8 Å². The molecule has 1 N–H and O–H groups in total. The minimum absolute atomic E-state index is 0.148. The van der Waals surface area contributed by atoms with Crippen molar-refractivity contribution in [3.05, 3.63) is 51.6 Å². The standard InChI is InChI=1S/C12H5N5O4/c13-4-8-10(5-14)16(6-15-8)9-3-1-2-7(12(18)19)11(9)17(20)21/h1-3,6H,(H,18,19). The van der Waals surface area contributed by atoms with E-state index in [2.05, 4.69) is 4.98 Å². The number of carboxylic acids is 1. The molecule has 1 aromatic heterocycles. The molecular formula is C12H5N5O4. The summed E-state index contributed by atoms with van der Waals surface area (Å²) in [6, 6.07) is 7.06. The second-order valence-electron chi connectivity index (χ2n) is 3.77. The number of aromatic nitrogens is 2. The van der Waals surface area contributed by atoms with Crippen LogP contribution in [0.25, 0.3) is 5.69 Å². The molecule has 0 spiro atoms. The lowest BCUT2D eigenvalue weighted by Gasteiger charge is -2.06. The Labute approximate surface area is 117 Å². The molecule has 9 nitrogen and oxygen atoms in total. The normalized spacial score (nSPS) is 9.62. The summed E-state index contributed by atoms with van der Waals surface area (Å²) >= 11 is 0. The second kappa shape index (κ2) is 5.11. The van der Waals surface area contributed by atoms with Crippen LogP contribution < -0.4 is 0 Å². The highest BCUT2D eigenvalue weighted by molar-refractivity contribution is 5.94. The number of carbonyl (C=O) groups is 1. The van der Waals surface area contributed by atoms with Gasteiger partial charge in [0, 0.05) is 0 Å². The highest BCUT2D eigenvalue weighted by atomic mass is 16.6. The Morgan fingerprint density at radius 3 is 2.62 bits per heavy atom. The van der Waals surface area contributed by atoms with Crippen LogP contribution in [0, 0.1) is 32.8 Å². The molecule has 0 bridgehead atoms. The van der Waals surface area contributed by atoms with Crippen LogP contribution in [0.3, 0.4) is 0 Å². The minimum Gasteiger partial charge on any atom is -0.477 e. The molecule has 0 unspecified atom stereocenters. The molecule has 2 rings (SSSR count). The van der Waals surface area contributed by atoms with Gasteiger partial charge in [0.15, 0.2) is 11.4 Å². The van der Waals surface area contributed by atoms with Gasteiger partial charge >= 0.3 is 11.7 Å². The van der Waals surface area contributed by atoms with Crippen LogP contribution >= 0.6 is 0 Å². The fraction of sp³-hybridized carbons (Fsp3) is 0. The van der Waals surface area contributed by atoms with Crippen LogP contribution in [0.2, 0.25) is 0 Å². The molecule has 21 heavy (non-hydrogen) atoms. The van der Waals surface area contributed by atoms with Crippen LogP contribution in [0.5, 0.6) is 0 Å². The Hall–Kier alpha value is -3.72. The molecule has 1 aromatic carbocycles. The summed E-state index contributed by atoms with van der Waals surface area (Å²) in [4.78, 5) is 25.0. The number of nitrogens with zero attached hydrogens (tertiary/aromatic N) is 5. The van der Waals surface area contributed by atoms with E-state index < -0.39 is 22.1 Å². The molecule has 0 aliphatic rings. The van der Waals surface area contributed by atoms with Gasteiger partial charge in [0.2, 0.25) is 0 Å². The van der Waals surface area contributed by atoms with E-state index in [9.17, 15) is 14.9 Å². The molecule has 0 aliphatic heterocycles. The Bertz CT molecular complexity index is 840. The summed E-state index contributed by atoms with van der Waals surface area (Å²) in [5, 5.41) is 38.0. The van der Waals surface area contributed by atoms with E-state index >= 15 is 0 Å². The van der Waals surface area contributed by atoms with Crippen molar-refractivity contribution < 1.29 is 14.8 Å². The summed E-state index contributed by atoms with van der Waals surface area (Å²) in [7, 11) is 0. The fourth-order valence-corrected chi connectivity index (χ4v) is 1.81. The topological polar surface area (TPSA) is 146 Å². The van der Waals surface area contributed by atoms with Gasteiger partial charge in [-0.1, -0.05) is 6.07 Å². The maximum atomic E-state index is 11.2. The molecule has 0 saturated carbocycles. The monoisotopic (exact) mass is 283 g/mol. The SMILES string of the molecule is N#Cc1ncn(-c2cccc(C(=O)O)c2[N+](=O)[O-])c1C#N. The van der Waals surface area contributed by atoms with Crippen LogP contribution in [-0.4, -0.2) is 25.6 Å². The lowest BCUT2D eigenvalue weighted by atomic mass is 10.1. The van der Waals surface area contributed by atoms with E-state index in [1.54, 1.807) is 12.1 Å². The lowest BCUT2D eigenvalue weighted by Crippen LogP contribution is -2.08. The van der Waals surface area contributed by atoms with Crippen LogP contribution in [0.15, 0.2) is 24.5 Å². The van der Waals surface area contributed by atoms with E-state index in [1.165, 1.54) is 12.1 Å². The van der Waals surface area contributed by atoms with Crippen LogP contribution in [0.4, 0.5) is 5.69 Å². The first-order chi connectivity index (χ1) is 10.0. The third-order valence-corrected chi connectivity index (χ3v) is 2.67. The number of nitro benzene ring substituents is 1. The van der Waals surface area contributed by atoms with Crippen LogP contribution in [0.1, 0.15) is 21.7 Å². The highest BCUT2D eigenvalue weighted by Gasteiger charge is 2.27. The van der Waals surface area contributed by atoms with Gasteiger partial charge in [-0.05, 0) is 12.1 Å². The number of nitro groups is 1. The smallest absolute Gasteiger partial charge is 0.342 e. The first kappa shape index (κ1) is 13.7. The molecule has 0 radical (unpaired) electrons. The van der Waals surface area contributed by atoms with Gasteiger partial charge in [-0.25, -0.2) is 9.78 Å². The van der Waals surface area contributed by atoms with E-state index in [1.807, 2.05) is 0 Å². The number of aromatic carboxylic acids is 1. The number of hydrogen-bond acceptors (Lipinski definition) is 6.